The summed E-state index contributed by atoms with van der Waals surface area (Å²) in [4.78, 5) is -0.0884. The average Bonchev–Trinajstić information content (AvgIpc) is 2.49. The van der Waals surface area contributed by atoms with Gasteiger partial charge in [0.2, 0.25) is 10.0 Å². The van der Waals surface area contributed by atoms with Crippen LogP contribution in [0, 0.1) is 18.6 Å². The number of benzene rings is 2. The highest BCUT2D eigenvalue weighted by atomic mass is 32.2. The van der Waals surface area contributed by atoms with Crippen LogP contribution in [-0.4, -0.2) is 19.6 Å². The third kappa shape index (κ3) is 4.13. The van der Waals surface area contributed by atoms with Crippen LogP contribution >= 0.6 is 0 Å². The lowest BCUT2D eigenvalue weighted by molar-refractivity contribution is 0.146. The third-order valence-electron chi connectivity index (χ3n) is 3.47. The number of sulfonamides is 1. The Morgan fingerprint density at radius 1 is 1.09 bits per heavy atom. The lowest BCUT2D eigenvalue weighted by atomic mass is 10.0. The zero-order valence-electron chi connectivity index (χ0n) is 12.6. The second kappa shape index (κ2) is 6.74. The van der Waals surface area contributed by atoms with E-state index in [1.54, 1.807) is 0 Å². The molecular formula is C16H17F2NO3S. The monoisotopic (exact) mass is 341 g/mol. The number of aliphatic hydroxyl groups excluding tert-OH is 1. The van der Waals surface area contributed by atoms with E-state index >= 15 is 0 Å². The van der Waals surface area contributed by atoms with Crippen LogP contribution in [0.25, 0.3) is 0 Å². The Bertz CT molecular complexity index is 791. The van der Waals surface area contributed by atoms with E-state index in [2.05, 4.69) is 4.72 Å². The Labute approximate surface area is 133 Å². The molecule has 2 aromatic rings. The third-order valence-corrected chi connectivity index (χ3v) is 5.02. The number of hydrogen-bond donors (Lipinski definition) is 2. The van der Waals surface area contributed by atoms with Gasteiger partial charge in [-0.05, 0) is 55.3 Å². The molecule has 0 spiro atoms. The molecule has 0 aliphatic rings. The molecule has 2 unspecified atom stereocenters. The van der Waals surface area contributed by atoms with E-state index in [4.69, 9.17) is 0 Å². The number of hydrogen-bond acceptors (Lipinski definition) is 3. The highest BCUT2D eigenvalue weighted by Crippen LogP contribution is 2.20. The first-order chi connectivity index (χ1) is 10.7. The molecule has 2 N–H and O–H groups in total. The molecule has 0 heterocycles. The normalized spacial score (nSPS) is 14.5. The minimum atomic E-state index is -3.91. The molecule has 0 amide bonds. The molecular weight excluding hydrogens is 324 g/mol. The van der Waals surface area contributed by atoms with Crippen molar-refractivity contribution < 1.29 is 22.3 Å². The molecule has 124 valence electrons. The van der Waals surface area contributed by atoms with Crippen LogP contribution in [0.2, 0.25) is 0 Å². The van der Waals surface area contributed by atoms with Gasteiger partial charge in [-0.1, -0.05) is 12.1 Å². The van der Waals surface area contributed by atoms with Crippen molar-refractivity contribution in [2.45, 2.75) is 30.9 Å². The first-order valence-electron chi connectivity index (χ1n) is 6.93. The second-order valence-corrected chi connectivity index (χ2v) is 7.03. The van der Waals surface area contributed by atoms with Crippen molar-refractivity contribution in [2.75, 3.05) is 0 Å². The fourth-order valence-electron chi connectivity index (χ4n) is 2.11. The molecule has 2 atom stereocenters. The van der Waals surface area contributed by atoms with Crippen molar-refractivity contribution >= 4 is 10.0 Å². The summed E-state index contributed by atoms with van der Waals surface area (Å²) in [6.45, 7) is 2.95. The van der Waals surface area contributed by atoms with Gasteiger partial charge in [0, 0.05) is 6.04 Å². The largest absolute Gasteiger partial charge is 0.387 e. The highest BCUT2D eigenvalue weighted by molar-refractivity contribution is 7.89. The van der Waals surface area contributed by atoms with E-state index in [9.17, 15) is 22.3 Å². The summed E-state index contributed by atoms with van der Waals surface area (Å²) < 4.78 is 53.1. The van der Waals surface area contributed by atoms with Gasteiger partial charge < -0.3 is 5.11 Å². The molecule has 0 radical (unpaired) electrons. The van der Waals surface area contributed by atoms with Gasteiger partial charge in [-0.3, -0.25) is 0 Å². The van der Waals surface area contributed by atoms with Crippen molar-refractivity contribution in [1.29, 1.82) is 0 Å². The molecule has 2 rings (SSSR count). The molecule has 0 saturated heterocycles. The van der Waals surface area contributed by atoms with Crippen LogP contribution in [0.15, 0.2) is 47.4 Å². The minimum absolute atomic E-state index is 0.0884. The molecule has 0 fully saturated rings. The quantitative estimate of drug-likeness (QED) is 0.879. The fourth-order valence-corrected chi connectivity index (χ4v) is 3.44. The maximum Gasteiger partial charge on any atom is 0.240 e. The van der Waals surface area contributed by atoms with Gasteiger partial charge in [0.25, 0.3) is 0 Å². The van der Waals surface area contributed by atoms with Crippen LogP contribution < -0.4 is 4.72 Å². The molecule has 0 aromatic heterocycles. The van der Waals surface area contributed by atoms with Gasteiger partial charge in [-0.2, -0.15) is 0 Å². The summed E-state index contributed by atoms with van der Waals surface area (Å²) >= 11 is 0. The predicted octanol–water partition coefficient (Wildman–Crippen LogP) is 2.67. The summed E-state index contributed by atoms with van der Waals surface area (Å²) in [6.07, 6.45) is -1.15. The lowest BCUT2D eigenvalue weighted by Gasteiger charge is -2.20. The zero-order chi connectivity index (χ0) is 17.2. The molecule has 0 saturated carbocycles. The van der Waals surface area contributed by atoms with E-state index < -0.39 is 33.8 Å². The maximum atomic E-state index is 13.2. The number of nitrogens with one attached hydrogen (secondary N) is 1. The zero-order valence-corrected chi connectivity index (χ0v) is 13.4. The summed E-state index contributed by atoms with van der Waals surface area (Å²) in [5.74, 6) is -0.945. The number of aliphatic hydroxyl groups is 1. The first kappa shape index (κ1) is 17.5. The summed E-state index contributed by atoms with van der Waals surface area (Å²) in [7, 11) is -3.91. The number of halogens is 2. The molecule has 0 bridgehead atoms. The summed E-state index contributed by atoms with van der Waals surface area (Å²) in [5, 5.41) is 10.2. The van der Waals surface area contributed by atoms with E-state index in [0.717, 1.165) is 12.1 Å². The Kier molecular flexibility index (Phi) is 5.13. The van der Waals surface area contributed by atoms with Gasteiger partial charge in [0.15, 0.2) is 0 Å². The smallest absolute Gasteiger partial charge is 0.240 e. The minimum Gasteiger partial charge on any atom is -0.387 e. The molecule has 23 heavy (non-hydrogen) atoms. The first-order valence-corrected chi connectivity index (χ1v) is 8.41. The molecule has 2 aromatic carbocycles. The van der Waals surface area contributed by atoms with Crippen molar-refractivity contribution in [1.82, 2.24) is 4.72 Å². The molecule has 0 aliphatic heterocycles. The van der Waals surface area contributed by atoms with Crippen molar-refractivity contribution in [3.8, 4) is 0 Å². The lowest BCUT2D eigenvalue weighted by Crippen LogP contribution is -2.37. The summed E-state index contributed by atoms with van der Waals surface area (Å²) in [5.41, 5.74) is 0.594. The van der Waals surface area contributed by atoms with Gasteiger partial charge in [-0.25, -0.2) is 21.9 Å². The van der Waals surface area contributed by atoms with Crippen LogP contribution in [0.3, 0.4) is 0 Å². The average molecular weight is 341 g/mol. The van der Waals surface area contributed by atoms with Crippen molar-refractivity contribution in [3.63, 3.8) is 0 Å². The highest BCUT2D eigenvalue weighted by Gasteiger charge is 2.24. The van der Waals surface area contributed by atoms with E-state index in [1.165, 1.54) is 44.2 Å². The Morgan fingerprint density at radius 2 is 1.70 bits per heavy atom. The van der Waals surface area contributed by atoms with E-state index in [-0.39, 0.29) is 10.5 Å². The topological polar surface area (TPSA) is 66.4 Å². The van der Waals surface area contributed by atoms with Crippen LogP contribution in [0.5, 0.6) is 0 Å². The maximum absolute atomic E-state index is 13.2. The fraction of sp³-hybridized carbons (Fsp3) is 0.250. The van der Waals surface area contributed by atoms with Crippen molar-refractivity contribution in [3.05, 3.63) is 65.2 Å². The van der Waals surface area contributed by atoms with Crippen LogP contribution in [0.4, 0.5) is 8.78 Å². The Hall–Kier alpha value is -1.83. The Morgan fingerprint density at radius 3 is 2.26 bits per heavy atom. The molecule has 0 aliphatic carbocycles. The van der Waals surface area contributed by atoms with Crippen LogP contribution in [0.1, 0.15) is 24.2 Å². The predicted molar refractivity (Wildman–Crippen MR) is 82.3 cm³/mol. The number of rotatable bonds is 5. The van der Waals surface area contributed by atoms with Gasteiger partial charge in [0.05, 0.1) is 11.0 Å². The van der Waals surface area contributed by atoms with E-state index in [0.29, 0.717) is 5.56 Å². The van der Waals surface area contributed by atoms with Gasteiger partial charge in [0.1, 0.15) is 11.6 Å². The number of aryl methyl sites for hydroxylation is 1. The van der Waals surface area contributed by atoms with Gasteiger partial charge >= 0.3 is 0 Å². The van der Waals surface area contributed by atoms with E-state index in [1.807, 2.05) is 0 Å². The SMILES string of the molecule is Cc1cc(S(=O)(=O)NC(C)C(O)c2ccc(F)cc2)ccc1F. The molecule has 4 nitrogen and oxygen atoms in total. The van der Waals surface area contributed by atoms with Gasteiger partial charge in [-0.15, -0.1) is 0 Å². The molecule has 7 heteroatoms. The van der Waals surface area contributed by atoms with Crippen LogP contribution in [-0.2, 0) is 10.0 Å². The second-order valence-electron chi connectivity index (χ2n) is 5.32. The van der Waals surface area contributed by atoms with Crippen molar-refractivity contribution in [2.24, 2.45) is 0 Å². The summed E-state index contributed by atoms with van der Waals surface area (Å²) in [6, 6.07) is 7.73. The standard InChI is InChI=1S/C16H17F2NO3S/c1-10-9-14(7-8-15(10)18)23(21,22)19-11(2)16(20)12-3-5-13(17)6-4-12/h3-9,11,16,19-20H,1-2H3. The Balaban J connectivity index is 2.18.